The fourth-order valence-electron chi connectivity index (χ4n) is 5.33. The first kappa shape index (κ1) is 24.5. The van der Waals surface area contributed by atoms with Gasteiger partial charge in [-0.05, 0) is 42.8 Å². The number of benzene rings is 2. The van der Waals surface area contributed by atoms with Crippen molar-refractivity contribution in [2.24, 2.45) is 5.41 Å². The number of amides is 5. The van der Waals surface area contributed by atoms with Crippen molar-refractivity contribution in [3.63, 3.8) is 0 Å². The Morgan fingerprint density at radius 1 is 1.19 bits per heavy atom. The van der Waals surface area contributed by atoms with Crippen LogP contribution in [0.2, 0.25) is 5.02 Å². The number of nitro groups is 1. The summed E-state index contributed by atoms with van der Waals surface area (Å²) in [5.74, 6) is -1.62. The molecule has 2 atom stereocenters. The number of carbonyl (C=O) groups is 4. The van der Waals surface area contributed by atoms with E-state index in [1.54, 1.807) is 13.0 Å². The third-order valence-electron chi connectivity index (χ3n) is 7.03. The van der Waals surface area contributed by atoms with E-state index in [1.165, 1.54) is 41.3 Å². The third kappa shape index (κ3) is 3.84. The van der Waals surface area contributed by atoms with Gasteiger partial charge in [-0.3, -0.25) is 25.0 Å². The number of nitrogens with zero attached hydrogens (tertiary/aromatic N) is 4. The number of fused-ring (bicyclic) bond motifs is 4. The summed E-state index contributed by atoms with van der Waals surface area (Å²) in [7, 11) is 0. The average Bonchev–Trinajstić information content (AvgIpc) is 2.87. The second-order valence-electron chi connectivity index (χ2n) is 8.95. The van der Waals surface area contributed by atoms with Crippen LogP contribution in [-0.4, -0.2) is 66.0 Å². The van der Waals surface area contributed by atoms with Gasteiger partial charge in [-0.1, -0.05) is 11.6 Å². The minimum absolute atomic E-state index is 0.0307. The van der Waals surface area contributed by atoms with Crippen LogP contribution in [0.5, 0.6) is 0 Å². The zero-order valence-electron chi connectivity index (χ0n) is 19.7. The van der Waals surface area contributed by atoms with Crippen LogP contribution in [0.4, 0.5) is 26.7 Å². The van der Waals surface area contributed by atoms with E-state index in [1.807, 2.05) is 4.90 Å². The summed E-state index contributed by atoms with van der Waals surface area (Å²) in [4.78, 5) is 68.3. The molecule has 0 aliphatic carbocycles. The van der Waals surface area contributed by atoms with Crippen molar-refractivity contribution < 1.29 is 28.8 Å². The van der Waals surface area contributed by atoms with Crippen molar-refractivity contribution in [3.05, 3.63) is 63.2 Å². The molecule has 3 heterocycles. The number of anilines is 2. The van der Waals surface area contributed by atoms with Crippen molar-refractivity contribution in [1.29, 1.82) is 0 Å². The highest BCUT2D eigenvalue weighted by Crippen LogP contribution is 2.47. The van der Waals surface area contributed by atoms with Crippen LogP contribution in [0.15, 0.2) is 42.5 Å². The Morgan fingerprint density at radius 3 is 2.59 bits per heavy atom. The predicted octanol–water partition coefficient (Wildman–Crippen LogP) is 2.72. The molecule has 0 saturated carbocycles. The van der Waals surface area contributed by atoms with E-state index in [0.717, 1.165) is 4.90 Å². The molecular weight excluding hydrogens is 506 g/mol. The summed E-state index contributed by atoms with van der Waals surface area (Å²) in [6, 6.07) is 8.48. The maximum atomic E-state index is 14.2. The van der Waals surface area contributed by atoms with Crippen LogP contribution in [0, 0.1) is 15.5 Å². The molecule has 3 aliphatic heterocycles. The van der Waals surface area contributed by atoms with E-state index >= 15 is 0 Å². The molecule has 2 saturated heterocycles. The maximum Gasteiger partial charge on any atom is 0.409 e. The molecule has 0 radical (unpaired) electrons. The first-order chi connectivity index (χ1) is 17.7. The van der Waals surface area contributed by atoms with Gasteiger partial charge in [-0.2, -0.15) is 0 Å². The predicted molar refractivity (Wildman–Crippen MR) is 131 cm³/mol. The molecule has 3 aliphatic rings. The van der Waals surface area contributed by atoms with Crippen molar-refractivity contribution in [2.75, 3.05) is 36.0 Å². The molecular formula is C24H22ClN5O7. The molecule has 12 nitrogen and oxygen atoms in total. The highest BCUT2D eigenvalue weighted by molar-refractivity contribution is 6.32. The number of urea groups is 1. The van der Waals surface area contributed by atoms with Gasteiger partial charge in [-0.15, -0.1) is 0 Å². The summed E-state index contributed by atoms with van der Waals surface area (Å²) >= 11 is 5.98. The van der Waals surface area contributed by atoms with Gasteiger partial charge in [0.15, 0.2) is 5.41 Å². The van der Waals surface area contributed by atoms with Crippen molar-refractivity contribution in [1.82, 2.24) is 10.2 Å². The highest BCUT2D eigenvalue weighted by atomic mass is 35.5. The Morgan fingerprint density at radius 2 is 1.92 bits per heavy atom. The zero-order chi connectivity index (χ0) is 26.5. The number of barbiturate groups is 1. The van der Waals surface area contributed by atoms with E-state index < -0.39 is 40.3 Å². The van der Waals surface area contributed by atoms with Crippen molar-refractivity contribution in [2.45, 2.75) is 19.4 Å². The van der Waals surface area contributed by atoms with E-state index in [4.69, 9.17) is 16.3 Å². The third-order valence-corrected chi connectivity index (χ3v) is 7.28. The van der Waals surface area contributed by atoms with Crippen LogP contribution >= 0.6 is 11.6 Å². The molecule has 0 aromatic heterocycles. The average molecular weight is 528 g/mol. The smallest absolute Gasteiger partial charge is 0.409 e. The van der Waals surface area contributed by atoms with E-state index in [-0.39, 0.29) is 44.0 Å². The Bertz CT molecular complexity index is 1330. The maximum absolute atomic E-state index is 14.2. The lowest BCUT2D eigenvalue weighted by Crippen LogP contribution is -2.75. The van der Waals surface area contributed by atoms with Crippen molar-refractivity contribution >= 4 is 52.6 Å². The number of hydrogen-bond donors (Lipinski definition) is 1. The molecule has 5 amide bonds. The molecule has 192 valence electrons. The topological polar surface area (TPSA) is 142 Å². The molecule has 2 fully saturated rings. The number of ether oxygens (including phenoxy) is 1. The minimum atomic E-state index is -1.86. The van der Waals surface area contributed by atoms with Gasteiger partial charge in [-0.25, -0.2) is 14.5 Å². The van der Waals surface area contributed by atoms with E-state index in [0.29, 0.717) is 16.3 Å². The Hall–Kier alpha value is -4.19. The highest BCUT2D eigenvalue weighted by Gasteiger charge is 2.63. The second-order valence-corrected chi connectivity index (χ2v) is 9.39. The fourth-order valence-corrected chi connectivity index (χ4v) is 5.45. The van der Waals surface area contributed by atoms with E-state index in [2.05, 4.69) is 5.32 Å². The molecule has 13 heteroatoms. The first-order valence-corrected chi connectivity index (χ1v) is 12.0. The van der Waals surface area contributed by atoms with Crippen LogP contribution in [0.1, 0.15) is 12.5 Å². The molecule has 5 rings (SSSR count). The lowest BCUT2D eigenvalue weighted by atomic mass is 9.67. The number of halogens is 1. The van der Waals surface area contributed by atoms with Gasteiger partial charge in [0.25, 0.3) is 11.6 Å². The molecule has 2 aromatic carbocycles. The van der Waals surface area contributed by atoms with Gasteiger partial charge in [0.05, 0.1) is 23.3 Å². The minimum Gasteiger partial charge on any atom is -0.450 e. The largest absolute Gasteiger partial charge is 0.450 e. The first-order valence-electron chi connectivity index (χ1n) is 11.6. The van der Waals surface area contributed by atoms with Gasteiger partial charge >= 0.3 is 12.1 Å². The summed E-state index contributed by atoms with van der Waals surface area (Å²) in [6.45, 7) is 2.28. The SMILES string of the molecule is CCOC(=O)N1CCN2c3ccc([N+](=O)[O-])cc3C[C@]3(C(=O)NC(=O)N(c4ccc(Cl)cc4)C3=O)[C@H]2C1. The molecule has 1 spiro atoms. The Balaban J connectivity index is 1.65. The molecule has 1 N–H and O–H groups in total. The molecule has 0 unspecified atom stereocenters. The quantitative estimate of drug-likeness (QED) is 0.364. The number of carbonyl (C=O) groups excluding carboxylic acids is 4. The number of piperazine rings is 1. The lowest BCUT2D eigenvalue weighted by Gasteiger charge is -2.55. The fraction of sp³-hybridized carbons (Fsp3) is 0.333. The normalized spacial score (nSPS) is 22.9. The van der Waals surface area contributed by atoms with Crippen LogP contribution in [0.25, 0.3) is 0 Å². The number of non-ortho nitro benzene ring substituents is 1. The summed E-state index contributed by atoms with van der Waals surface area (Å²) < 4.78 is 5.15. The number of nitrogens with one attached hydrogen (secondary N) is 1. The standard InChI is InChI=1S/C24H22ClN5O7/c1-2-37-23(34)27-9-10-28-18-8-7-17(30(35)36)11-14(18)12-24(19(28)13-27)20(31)26-22(33)29(21(24)32)16-5-3-15(25)4-6-16/h3-8,11,19H,2,9-10,12-13H2,1H3,(H,26,31,33)/t19-,24-/m1/s1. The number of rotatable bonds is 3. The molecule has 37 heavy (non-hydrogen) atoms. The van der Waals surface area contributed by atoms with E-state index in [9.17, 15) is 29.3 Å². The number of hydrogen-bond acceptors (Lipinski definition) is 8. The van der Waals surface area contributed by atoms with Crippen LogP contribution in [0.3, 0.4) is 0 Å². The second kappa shape index (κ2) is 9.04. The monoisotopic (exact) mass is 527 g/mol. The number of nitro benzene ring substituents is 1. The van der Waals surface area contributed by atoms with Crippen LogP contribution in [-0.2, 0) is 20.7 Å². The van der Waals surface area contributed by atoms with Gasteiger partial charge in [0.1, 0.15) is 0 Å². The summed E-state index contributed by atoms with van der Waals surface area (Å²) in [5, 5.41) is 14.2. The zero-order valence-corrected chi connectivity index (χ0v) is 20.4. The van der Waals surface area contributed by atoms with Crippen LogP contribution < -0.4 is 15.1 Å². The van der Waals surface area contributed by atoms with Gasteiger partial charge in [0, 0.05) is 48.9 Å². The molecule has 2 aromatic rings. The Kier molecular flexibility index (Phi) is 5.98. The van der Waals surface area contributed by atoms with Crippen molar-refractivity contribution in [3.8, 4) is 0 Å². The molecule has 0 bridgehead atoms. The lowest BCUT2D eigenvalue weighted by molar-refractivity contribution is -0.384. The number of imide groups is 2. The summed E-state index contributed by atoms with van der Waals surface area (Å²) in [5.41, 5.74) is -0.801. The van der Waals surface area contributed by atoms with Gasteiger partial charge < -0.3 is 14.5 Å². The summed E-state index contributed by atoms with van der Waals surface area (Å²) in [6.07, 6.45) is -0.787. The Labute approximate surface area is 215 Å². The van der Waals surface area contributed by atoms with Gasteiger partial charge in [0.2, 0.25) is 5.91 Å².